The Hall–Kier alpha value is -0.510. The number of halogens is 6. The first-order valence-electron chi connectivity index (χ1n) is 3.22. The maximum Gasteiger partial charge on any atom is 0.449 e. The molecule has 0 radical (unpaired) electrons. The van der Waals surface area contributed by atoms with Crippen LogP contribution < -0.4 is 0 Å². The second-order valence-electron chi connectivity index (χ2n) is 2.15. The van der Waals surface area contributed by atoms with Crippen molar-refractivity contribution in [1.82, 2.24) is 9.97 Å². The first-order valence-corrected chi connectivity index (χ1v) is 4.85. The Morgan fingerprint density at radius 2 is 1.53 bits per heavy atom. The number of aromatic nitrogens is 2. The average molecular weight is 268 g/mol. The molecule has 0 aliphatic heterocycles. The van der Waals surface area contributed by atoms with Crippen molar-refractivity contribution in [3.8, 4) is 0 Å². The lowest BCUT2D eigenvalue weighted by molar-refractivity contribution is -0.0336. The Labute approximate surface area is 87.8 Å². The first-order chi connectivity index (χ1) is 6.66. The third-order valence-corrected chi connectivity index (χ3v) is 2.26. The summed E-state index contributed by atoms with van der Waals surface area (Å²) in [5.74, 6) is 0. The summed E-state index contributed by atoms with van der Waals surface area (Å²) in [5.41, 5.74) is -9.12. The van der Waals surface area contributed by atoms with Gasteiger partial charge >= 0.3 is 11.0 Å². The zero-order chi connectivity index (χ0) is 11.7. The topological polar surface area (TPSA) is 28.7 Å². The zero-order valence-electron chi connectivity index (χ0n) is 6.61. The van der Waals surface area contributed by atoms with Gasteiger partial charge in [0.05, 0.1) is 6.20 Å². The predicted octanol–water partition coefficient (Wildman–Crippen LogP) is 3.63. The van der Waals surface area contributed by atoms with Gasteiger partial charge in [0.2, 0.25) is 0 Å². The zero-order valence-corrected chi connectivity index (χ0v) is 8.24. The Balaban J connectivity index is 2.65. The van der Waals surface area contributed by atoms with Crippen LogP contribution in [0.5, 0.6) is 0 Å². The van der Waals surface area contributed by atoms with Gasteiger partial charge < -0.3 is 4.98 Å². The lowest BCUT2D eigenvalue weighted by atomic mass is 11.0. The van der Waals surface area contributed by atoms with Crippen LogP contribution in [0.25, 0.3) is 0 Å². The van der Waals surface area contributed by atoms with Crippen LogP contribution in [0.4, 0.5) is 26.3 Å². The molecule has 0 saturated heterocycles. The molecule has 1 aromatic rings. The summed E-state index contributed by atoms with van der Waals surface area (Å²) in [5, 5.41) is -1.09. The third-order valence-electron chi connectivity index (χ3n) is 0.967. The molecule has 0 aliphatic rings. The predicted molar refractivity (Wildman–Crippen MR) is 42.4 cm³/mol. The van der Waals surface area contributed by atoms with Gasteiger partial charge in [0.1, 0.15) is 5.03 Å². The number of nitrogens with zero attached hydrogens (tertiary/aromatic N) is 1. The van der Waals surface area contributed by atoms with Crippen LogP contribution in [0.3, 0.4) is 0 Å². The summed E-state index contributed by atoms with van der Waals surface area (Å²) < 4.78 is 70.6. The molecule has 0 bridgehead atoms. The minimum Gasteiger partial charge on any atom is -0.328 e. The van der Waals surface area contributed by atoms with E-state index in [4.69, 9.17) is 0 Å². The van der Waals surface area contributed by atoms with E-state index in [-0.39, 0.29) is 0 Å². The third kappa shape index (κ3) is 5.21. The lowest BCUT2D eigenvalue weighted by Gasteiger charge is -2.02. The second-order valence-corrected chi connectivity index (χ2v) is 4.31. The summed E-state index contributed by atoms with van der Waals surface area (Å²) in [4.78, 5) is 5.05. The Morgan fingerprint density at radius 3 is 2.00 bits per heavy atom. The van der Waals surface area contributed by atoms with Crippen molar-refractivity contribution in [3.63, 3.8) is 0 Å². The van der Waals surface area contributed by atoms with Crippen LogP contribution in [0, 0.1) is 0 Å². The molecular formula is C5H2F6N2S2. The molecule has 0 amide bonds. The van der Waals surface area contributed by atoms with E-state index in [9.17, 15) is 26.3 Å². The standard InChI is InChI=1S/C5H2F6N2S2/c6-4(7,8)14-2-1-12-3(13-2)15-5(9,10)11/h1H,(H,12,13). The minimum absolute atomic E-state index is 0.478. The van der Waals surface area contributed by atoms with Crippen LogP contribution in [0.2, 0.25) is 0 Å². The fraction of sp³-hybridized carbons (Fsp3) is 0.400. The van der Waals surface area contributed by atoms with Crippen molar-refractivity contribution < 1.29 is 26.3 Å². The number of hydrogen-bond donors (Lipinski definition) is 1. The van der Waals surface area contributed by atoms with Crippen LogP contribution in [-0.4, -0.2) is 21.0 Å². The molecule has 10 heteroatoms. The van der Waals surface area contributed by atoms with Crippen molar-refractivity contribution in [2.24, 2.45) is 0 Å². The highest BCUT2D eigenvalue weighted by Crippen LogP contribution is 2.39. The van der Waals surface area contributed by atoms with E-state index in [1.165, 1.54) is 0 Å². The van der Waals surface area contributed by atoms with Gasteiger partial charge in [-0.1, -0.05) is 0 Å². The largest absolute Gasteiger partial charge is 0.449 e. The van der Waals surface area contributed by atoms with E-state index in [0.29, 0.717) is 6.20 Å². The van der Waals surface area contributed by atoms with Gasteiger partial charge in [0.25, 0.3) is 0 Å². The molecule has 0 saturated carbocycles. The quantitative estimate of drug-likeness (QED) is 0.655. The first kappa shape index (κ1) is 12.6. The van der Waals surface area contributed by atoms with Crippen LogP contribution in [0.1, 0.15) is 0 Å². The molecule has 0 unspecified atom stereocenters. The molecule has 0 spiro atoms. The summed E-state index contributed by atoms with van der Waals surface area (Å²) >= 11 is -1.15. The van der Waals surface area contributed by atoms with Gasteiger partial charge in [0.15, 0.2) is 5.16 Å². The van der Waals surface area contributed by atoms with Gasteiger partial charge in [-0.2, -0.15) is 26.3 Å². The summed E-state index contributed by atoms with van der Waals surface area (Å²) in [6.45, 7) is 0. The number of nitrogens with one attached hydrogen (secondary N) is 1. The van der Waals surface area contributed by atoms with Gasteiger partial charge in [-0.25, -0.2) is 4.98 Å². The maximum atomic E-state index is 11.8. The Bertz CT molecular complexity index is 298. The molecule has 0 fully saturated rings. The summed E-state index contributed by atoms with van der Waals surface area (Å²) in [7, 11) is 0. The Morgan fingerprint density at radius 1 is 1.00 bits per heavy atom. The van der Waals surface area contributed by atoms with Crippen molar-refractivity contribution in [2.45, 2.75) is 21.2 Å². The number of hydrogen-bond acceptors (Lipinski definition) is 3. The van der Waals surface area contributed by atoms with Crippen molar-refractivity contribution in [2.75, 3.05) is 0 Å². The fourth-order valence-corrected chi connectivity index (χ4v) is 1.68. The molecule has 15 heavy (non-hydrogen) atoms. The van der Waals surface area contributed by atoms with Gasteiger partial charge in [-0.05, 0) is 0 Å². The molecule has 86 valence electrons. The number of aromatic amines is 1. The number of thioether (sulfide) groups is 2. The maximum absolute atomic E-state index is 11.8. The summed E-state index contributed by atoms with van der Waals surface area (Å²) in [6, 6.07) is 0. The second kappa shape index (κ2) is 4.16. The van der Waals surface area contributed by atoms with E-state index in [0.717, 1.165) is 0 Å². The van der Waals surface area contributed by atoms with Crippen LogP contribution in [-0.2, 0) is 0 Å². The number of H-pyrrole nitrogens is 1. The highest BCUT2D eigenvalue weighted by molar-refractivity contribution is 8.00. The van der Waals surface area contributed by atoms with Crippen LogP contribution >= 0.6 is 23.5 Å². The van der Waals surface area contributed by atoms with Gasteiger partial charge in [-0.3, -0.25) is 0 Å². The molecule has 1 aromatic heterocycles. The lowest BCUT2D eigenvalue weighted by Crippen LogP contribution is -2.00. The highest BCUT2D eigenvalue weighted by Gasteiger charge is 2.33. The molecule has 0 aromatic carbocycles. The van der Waals surface area contributed by atoms with Gasteiger partial charge in [-0.15, -0.1) is 0 Å². The van der Waals surface area contributed by atoms with Crippen molar-refractivity contribution >= 4 is 23.5 Å². The molecule has 2 nitrogen and oxygen atoms in total. The highest BCUT2D eigenvalue weighted by atomic mass is 32.2. The van der Waals surface area contributed by atoms with Gasteiger partial charge in [0, 0.05) is 23.5 Å². The van der Waals surface area contributed by atoms with Crippen molar-refractivity contribution in [1.29, 1.82) is 0 Å². The number of imidazole rings is 1. The van der Waals surface area contributed by atoms with E-state index in [1.807, 2.05) is 4.98 Å². The molecular weight excluding hydrogens is 266 g/mol. The van der Waals surface area contributed by atoms with E-state index in [2.05, 4.69) is 4.98 Å². The normalized spacial score (nSPS) is 13.2. The SMILES string of the molecule is FC(F)(F)Sc1cnc(SC(F)(F)F)[nH]1. The van der Waals surface area contributed by atoms with E-state index < -0.39 is 44.7 Å². The number of alkyl halides is 6. The molecule has 1 rings (SSSR count). The molecule has 1 heterocycles. The smallest absolute Gasteiger partial charge is 0.328 e. The summed E-state index contributed by atoms with van der Waals surface area (Å²) in [6.07, 6.45) is 0.701. The fourth-order valence-electron chi connectivity index (χ4n) is 0.625. The average Bonchev–Trinajstić information content (AvgIpc) is 2.28. The number of rotatable bonds is 2. The Kier molecular flexibility index (Phi) is 3.48. The minimum atomic E-state index is -4.57. The molecule has 1 N–H and O–H groups in total. The monoisotopic (exact) mass is 268 g/mol. The van der Waals surface area contributed by atoms with Crippen LogP contribution in [0.15, 0.2) is 16.4 Å². The van der Waals surface area contributed by atoms with E-state index in [1.54, 1.807) is 0 Å². The molecule has 0 atom stereocenters. The molecule has 0 aliphatic carbocycles. The van der Waals surface area contributed by atoms with E-state index >= 15 is 0 Å². The van der Waals surface area contributed by atoms with Crippen molar-refractivity contribution in [3.05, 3.63) is 6.20 Å².